The molecule has 0 amide bonds. The largest absolute Gasteiger partial charge is 0.306 e. The fraction of sp³-hybridized carbons (Fsp3) is 0.444. The van der Waals surface area contributed by atoms with Gasteiger partial charge in [0, 0.05) is 4.88 Å². The average molecular weight is 322 g/mol. The third-order valence-corrected chi connectivity index (χ3v) is 4.73. The van der Waals surface area contributed by atoms with Crippen molar-refractivity contribution in [3.8, 4) is 0 Å². The molecule has 0 aliphatic heterocycles. The van der Waals surface area contributed by atoms with Gasteiger partial charge in [0.2, 0.25) is 0 Å². The van der Waals surface area contributed by atoms with Crippen molar-refractivity contribution in [1.82, 2.24) is 5.32 Å². The number of benzene rings is 1. The Bertz CT molecular complexity index is 545. The van der Waals surface area contributed by atoms with Crippen LogP contribution >= 0.6 is 22.9 Å². The van der Waals surface area contributed by atoms with Crippen LogP contribution in [0.5, 0.6) is 0 Å². The second-order valence-electron chi connectivity index (χ2n) is 5.87. The highest BCUT2D eigenvalue weighted by Gasteiger charge is 2.15. The molecule has 0 aliphatic carbocycles. The van der Waals surface area contributed by atoms with Gasteiger partial charge in [-0.2, -0.15) is 0 Å². The summed E-state index contributed by atoms with van der Waals surface area (Å²) < 4.78 is 0.852. The summed E-state index contributed by atoms with van der Waals surface area (Å²) in [7, 11) is 0. The first-order valence-corrected chi connectivity index (χ1v) is 8.87. The van der Waals surface area contributed by atoms with Gasteiger partial charge in [-0.15, -0.1) is 11.3 Å². The van der Waals surface area contributed by atoms with E-state index in [2.05, 4.69) is 56.4 Å². The van der Waals surface area contributed by atoms with Gasteiger partial charge in [-0.25, -0.2) is 0 Å². The Morgan fingerprint density at radius 3 is 2.33 bits per heavy atom. The lowest BCUT2D eigenvalue weighted by Crippen LogP contribution is -2.22. The lowest BCUT2D eigenvalue weighted by molar-refractivity contribution is 0.605. The lowest BCUT2D eigenvalue weighted by Gasteiger charge is -2.18. The lowest BCUT2D eigenvalue weighted by atomic mass is 9.99. The molecule has 0 fully saturated rings. The second-order valence-corrected chi connectivity index (χ2v) is 7.62. The van der Waals surface area contributed by atoms with Crippen LogP contribution in [0.15, 0.2) is 36.4 Å². The Labute approximate surface area is 137 Å². The van der Waals surface area contributed by atoms with Crippen LogP contribution in [0.4, 0.5) is 0 Å². The maximum Gasteiger partial charge on any atom is 0.0931 e. The molecule has 0 spiro atoms. The summed E-state index contributed by atoms with van der Waals surface area (Å²) in [6, 6.07) is 13.4. The SMILES string of the molecule is CCCNC(c1ccc(CC(C)C)cc1)c1ccc(Cl)s1. The normalized spacial score (nSPS) is 12.8. The Morgan fingerprint density at radius 1 is 1.10 bits per heavy atom. The molecule has 1 aromatic heterocycles. The molecule has 0 saturated carbocycles. The number of halogens is 1. The summed E-state index contributed by atoms with van der Waals surface area (Å²) in [5.41, 5.74) is 2.72. The van der Waals surface area contributed by atoms with E-state index in [-0.39, 0.29) is 6.04 Å². The van der Waals surface area contributed by atoms with E-state index >= 15 is 0 Å². The monoisotopic (exact) mass is 321 g/mol. The first kappa shape index (κ1) is 16.5. The molecule has 0 saturated heterocycles. The van der Waals surface area contributed by atoms with Crippen LogP contribution in [-0.4, -0.2) is 6.54 Å². The number of rotatable bonds is 7. The van der Waals surface area contributed by atoms with Crippen molar-refractivity contribution in [2.24, 2.45) is 5.92 Å². The van der Waals surface area contributed by atoms with E-state index in [1.807, 2.05) is 6.07 Å². The third kappa shape index (κ3) is 4.84. The third-order valence-electron chi connectivity index (χ3n) is 3.43. The van der Waals surface area contributed by atoms with Gasteiger partial charge >= 0.3 is 0 Å². The van der Waals surface area contributed by atoms with E-state index < -0.39 is 0 Å². The molecule has 0 bridgehead atoms. The molecule has 0 aliphatic rings. The molecule has 1 N–H and O–H groups in total. The topological polar surface area (TPSA) is 12.0 Å². The molecule has 3 heteroatoms. The fourth-order valence-corrected chi connectivity index (χ4v) is 3.64. The van der Waals surface area contributed by atoms with Gasteiger partial charge in [-0.3, -0.25) is 0 Å². The quantitative estimate of drug-likeness (QED) is 0.690. The van der Waals surface area contributed by atoms with Gasteiger partial charge in [0.15, 0.2) is 0 Å². The highest BCUT2D eigenvalue weighted by atomic mass is 35.5. The second kappa shape index (κ2) is 7.98. The molecule has 1 atom stereocenters. The van der Waals surface area contributed by atoms with Crippen molar-refractivity contribution in [3.63, 3.8) is 0 Å². The maximum atomic E-state index is 6.10. The molecule has 0 radical (unpaired) electrons. The predicted octanol–water partition coefficient (Wildman–Crippen LogP) is 5.69. The van der Waals surface area contributed by atoms with Crippen LogP contribution in [0, 0.1) is 5.92 Å². The Morgan fingerprint density at radius 2 is 1.81 bits per heavy atom. The zero-order valence-electron chi connectivity index (χ0n) is 13.0. The van der Waals surface area contributed by atoms with Gasteiger partial charge in [0.25, 0.3) is 0 Å². The fourth-order valence-electron chi connectivity index (χ4n) is 2.47. The zero-order valence-corrected chi connectivity index (χ0v) is 14.6. The van der Waals surface area contributed by atoms with Crippen molar-refractivity contribution in [2.75, 3.05) is 6.54 Å². The Kier molecular flexibility index (Phi) is 6.28. The average Bonchev–Trinajstić information content (AvgIpc) is 2.87. The minimum absolute atomic E-state index is 0.246. The minimum Gasteiger partial charge on any atom is -0.306 e. The first-order valence-electron chi connectivity index (χ1n) is 7.67. The van der Waals surface area contributed by atoms with Gasteiger partial charge in [-0.1, -0.05) is 56.6 Å². The molecule has 2 aromatic rings. The highest BCUT2D eigenvalue weighted by Crippen LogP contribution is 2.31. The van der Waals surface area contributed by atoms with Crippen LogP contribution in [0.25, 0.3) is 0 Å². The summed E-state index contributed by atoms with van der Waals surface area (Å²) in [5, 5.41) is 3.63. The Balaban J connectivity index is 2.20. The summed E-state index contributed by atoms with van der Waals surface area (Å²) in [6.45, 7) is 7.71. The van der Waals surface area contributed by atoms with Crippen molar-refractivity contribution >= 4 is 22.9 Å². The van der Waals surface area contributed by atoms with Crippen LogP contribution < -0.4 is 5.32 Å². The number of nitrogens with one attached hydrogen (secondary N) is 1. The van der Waals surface area contributed by atoms with Crippen molar-refractivity contribution < 1.29 is 0 Å². The van der Waals surface area contributed by atoms with Crippen LogP contribution in [0.1, 0.15) is 49.2 Å². The molecule has 1 nitrogen and oxygen atoms in total. The first-order chi connectivity index (χ1) is 10.1. The van der Waals surface area contributed by atoms with Crippen LogP contribution in [0.2, 0.25) is 4.34 Å². The number of thiophene rings is 1. The van der Waals surface area contributed by atoms with Gasteiger partial charge < -0.3 is 5.32 Å². The summed E-state index contributed by atoms with van der Waals surface area (Å²) in [5.74, 6) is 0.695. The summed E-state index contributed by atoms with van der Waals surface area (Å²) in [6.07, 6.45) is 2.26. The van der Waals surface area contributed by atoms with E-state index in [0.29, 0.717) is 5.92 Å². The van der Waals surface area contributed by atoms with Gasteiger partial charge in [-0.05, 0) is 48.6 Å². The molecule has 1 heterocycles. The maximum absolute atomic E-state index is 6.10. The summed E-state index contributed by atoms with van der Waals surface area (Å²) in [4.78, 5) is 1.28. The number of hydrogen-bond donors (Lipinski definition) is 1. The molecule has 2 rings (SSSR count). The number of hydrogen-bond acceptors (Lipinski definition) is 2. The van der Waals surface area contributed by atoms with E-state index in [1.165, 1.54) is 16.0 Å². The molecular formula is C18H24ClNS. The Hall–Kier alpha value is -0.830. The summed E-state index contributed by atoms with van der Waals surface area (Å²) >= 11 is 7.76. The minimum atomic E-state index is 0.246. The molecule has 1 unspecified atom stereocenters. The molecular weight excluding hydrogens is 298 g/mol. The van der Waals surface area contributed by atoms with Crippen molar-refractivity contribution in [3.05, 3.63) is 56.7 Å². The van der Waals surface area contributed by atoms with Crippen molar-refractivity contribution in [2.45, 2.75) is 39.7 Å². The molecule has 1 aromatic carbocycles. The molecule has 114 valence electrons. The standard InChI is InChI=1S/C18H24ClNS/c1-4-11-20-18(16-9-10-17(19)21-16)15-7-5-14(6-8-15)12-13(2)3/h5-10,13,18,20H,4,11-12H2,1-3H3. The van der Waals surface area contributed by atoms with Crippen molar-refractivity contribution in [1.29, 1.82) is 0 Å². The van der Waals surface area contributed by atoms with E-state index in [4.69, 9.17) is 11.6 Å². The zero-order chi connectivity index (χ0) is 15.2. The van der Waals surface area contributed by atoms with Crippen LogP contribution in [0.3, 0.4) is 0 Å². The smallest absolute Gasteiger partial charge is 0.0931 e. The predicted molar refractivity (Wildman–Crippen MR) is 94.4 cm³/mol. The van der Waals surface area contributed by atoms with Gasteiger partial charge in [0.1, 0.15) is 0 Å². The van der Waals surface area contributed by atoms with Crippen LogP contribution in [-0.2, 0) is 6.42 Å². The van der Waals surface area contributed by atoms with Gasteiger partial charge in [0.05, 0.1) is 10.4 Å². The van der Waals surface area contributed by atoms with E-state index in [9.17, 15) is 0 Å². The highest BCUT2D eigenvalue weighted by molar-refractivity contribution is 7.16. The van der Waals surface area contributed by atoms with E-state index in [1.54, 1.807) is 11.3 Å². The molecule has 21 heavy (non-hydrogen) atoms. The van der Waals surface area contributed by atoms with E-state index in [0.717, 1.165) is 23.7 Å².